The molecule has 0 spiro atoms. The Labute approximate surface area is 121 Å². The lowest BCUT2D eigenvalue weighted by Crippen LogP contribution is -2.45. The molecule has 1 aromatic heterocycles. The van der Waals surface area contributed by atoms with Gasteiger partial charge in [-0.3, -0.25) is 9.48 Å². The molecule has 112 valence electrons. The summed E-state index contributed by atoms with van der Waals surface area (Å²) in [7, 11) is 0. The van der Waals surface area contributed by atoms with Crippen LogP contribution in [0.3, 0.4) is 0 Å². The molecule has 2 heterocycles. The van der Waals surface area contributed by atoms with Gasteiger partial charge in [-0.25, -0.2) is 0 Å². The van der Waals surface area contributed by atoms with Gasteiger partial charge in [-0.05, 0) is 32.1 Å². The van der Waals surface area contributed by atoms with Crippen molar-refractivity contribution < 1.29 is 4.79 Å². The standard InChI is InChI=1S/C15H26N4O/c1-4-7-19-11-14(10-16-19)17-13(3)15(20)18-8-5-12(2)6-9-18/h10-13,17H,4-9H2,1-3H3. The summed E-state index contributed by atoms with van der Waals surface area (Å²) in [5, 5.41) is 7.52. The zero-order valence-corrected chi connectivity index (χ0v) is 12.8. The average molecular weight is 278 g/mol. The highest BCUT2D eigenvalue weighted by Crippen LogP contribution is 2.17. The molecule has 1 atom stereocenters. The largest absolute Gasteiger partial charge is 0.371 e. The summed E-state index contributed by atoms with van der Waals surface area (Å²) in [5.74, 6) is 0.940. The number of rotatable bonds is 5. The maximum absolute atomic E-state index is 12.4. The highest BCUT2D eigenvalue weighted by atomic mass is 16.2. The van der Waals surface area contributed by atoms with Crippen molar-refractivity contribution in [2.75, 3.05) is 18.4 Å². The van der Waals surface area contributed by atoms with E-state index in [0.29, 0.717) is 0 Å². The van der Waals surface area contributed by atoms with Crippen LogP contribution in [0.4, 0.5) is 5.69 Å². The second-order valence-electron chi connectivity index (χ2n) is 5.87. The number of piperidine rings is 1. The molecule has 5 nitrogen and oxygen atoms in total. The van der Waals surface area contributed by atoms with Gasteiger partial charge in [0.1, 0.15) is 6.04 Å². The van der Waals surface area contributed by atoms with Crippen molar-refractivity contribution in [3.05, 3.63) is 12.4 Å². The maximum Gasteiger partial charge on any atom is 0.244 e. The van der Waals surface area contributed by atoms with Crippen molar-refractivity contribution in [1.29, 1.82) is 0 Å². The van der Waals surface area contributed by atoms with Crippen LogP contribution in [0.1, 0.15) is 40.0 Å². The zero-order valence-electron chi connectivity index (χ0n) is 12.8. The molecule has 0 aromatic carbocycles. The van der Waals surface area contributed by atoms with E-state index in [1.54, 1.807) is 6.20 Å². The number of carbonyl (C=O) groups excluding carboxylic acids is 1. The molecular weight excluding hydrogens is 252 g/mol. The van der Waals surface area contributed by atoms with E-state index in [4.69, 9.17) is 0 Å². The Balaban J connectivity index is 1.86. The summed E-state index contributed by atoms with van der Waals surface area (Å²) in [6.07, 6.45) is 7.05. The quantitative estimate of drug-likeness (QED) is 0.899. The lowest BCUT2D eigenvalue weighted by atomic mass is 9.99. The lowest BCUT2D eigenvalue weighted by Gasteiger charge is -2.32. The predicted octanol–water partition coefficient (Wildman–Crippen LogP) is 2.35. The van der Waals surface area contributed by atoms with Crippen LogP contribution in [0.2, 0.25) is 0 Å². The summed E-state index contributed by atoms with van der Waals surface area (Å²) in [4.78, 5) is 14.4. The van der Waals surface area contributed by atoms with Gasteiger partial charge in [0.25, 0.3) is 0 Å². The zero-order chi connectivity index (χ0) is 14.5. The van der Waals surface area contributed by atoms with Crippen molar-refractivity contribution in [2.24, 2.45) is 5.92 Å². The smallest absolute Gasteiger partial charge is 0.244 e. The predicted molar refractivity (Wildman–Crippen MR) is 80.6 cm³/mol. The molecule has 1 amide bonds. The van der Waals surface area contributed by atoms with Crippen LogP contribution in [-0.4, -0.2) is 39.7 Å². The Morgan fingerprint density at radius 3 is 2.85 bits per heavy atom. The van der Waals surface area contributed by atoms with Gasteiger partial charge in [0, 0.05) is 25.8 Å². The number of anilines is 1. The first-order valence-corrected chi connectivity index (χ1v) is 7.68. The number of nitrogens with zero attached hydrogens (tertiary/aromatic N) is 3. The Morgan fingerprint density at radius 2 is 2.20 bits per heavy atom. The van der Waals surface area contributed by atoms with Crippen molar-refractivity contribution in [3.63, 3.8) is 0 Å². The highest BCUT2D eigenvalue weighted by molar-refractivity contribution is 5.84. The normalized spacial score (nSPS) is 18.1. The van der Waals surface area contributed by atoms with Crippen molar-refractivity contribution in [1.82, 2.24) is 14.7 Å². The van der Waals surface area contributed by atoms with Crippen molar-refractivity contribution >= 4 is 11.6 Å². The van der Waals surface area contributed by atoms with E-state index in [2.05, 4.69) is 24.3 Å². The Kier molecular flexibility index (Phi) is 5.04. The summed E-state index contributed by atoms with van der Waals surface area (Å²) >= 11 is 0. The van der Waals surface area contributed by atoms with Gasteiger partial charge in [-0.15, -0.1) is 0 Å². The number of hydrogen-bond acceptors (Lipinski definition) is 3. The van der Waals surface area contributed by atoms with Gasteiger partial charge in [0.15, 0.2) is 0 Å². The van der Waals surface area contributed by atoms with Crippen LogP contribution in [0.15, 0.2) is 12.4 Å². The summed E-state index contributed by atoms with van der Waals surface area (Å²) in [6, 6.07) is -0.192. The summed E-state index contributed by atoms with van der Waals surface area (Å²) in [6.45, 7) is 9.00. The van der Waals surface area contributed by atoms with E-state index in [-0.39, 0.29) is 11.9 Å². The fraction of sp³-hybridized carbons (Fsp3) is 0.733. The second kappa shape index (κ2) is 6.77. The van der Waals surface area contributed by atoms with Crippen LogP contribution in [-0.2, 0) is 11.3 Å². The molecule has 1 N–H and O–H groups in total. The Morgan fingerprint density at radius 1 is 1.50 bits per heavy atom. The van der Waals surface area contributed by atoms with Crippen LogP contribution >= 0.6 is 0 Å². The minimum atomic E-state index is -0.192. The molecule has 1 saturated heterocycles. The SMILES string of the molecule is CCCn1cc(NC(C)C(=O)N2CCC(C)CC2)cn1. The highest BCUT2D eigenvalue weighted by Gasteiger charge is 2.24. The molecule has 2 rings (SSSR count). The third-order valence-electron chi connectivity index (χ3n) is 3.93. The minimum absolute atomic E-state index is 0.192. The van der Waals surface area contributed by atoms with Crippen LogP contribution in [0, 0.1) is 5.92 Å². The van der Waals surface area contributed by atoms with Gasteiger partial charge in [-0.2, -0.15) is 5.10 Å². The third-order valence-corrected chi connectivity index (χ3v) is 3.93. The van der Waals surface area contributed by atoms with Gasteiger partial charge < -0.3 is 10.2 Å². The lowest BCUT2D eigenvalue weighted by molar-refractivity contribution is -0.132. The molecule has 20 heavy (non-hydrogen) atoms. The van der Waals surface area contributed by atoms with Crippen LogP contribution in [0.5, 0.6) is 0 Å². The van der Waals surface area contributed by atoms with E-state index in [0.717, 1.165) is 50.5 Å². The first-order chi connectivity index (χ1) is 9.60. The first-order valence-electron chi connectivity index (χ1n) is 7.68. The van der Waals surface area contributed by atoms with Crippen LogP contribution < -0.4 is 5.32 Å². The van der Waals surface area contributed by atoms with Gasteiger partial charge in [0.05, 0.1) is 11.9 Å². The molecule has 0 radical (unpaired) electrons. The van der Waals surface area contributed by atoms with E-state index in [9.17, 15) is 4.79 Å². The van der Waals surface area contributed by atoms with Crippen LogP contribution in [0.25, 0.3) is 0 Å². The number of nitrogens with one attached hydrogen (secondary N) is 1. The maximum atomic E-state index is 12.4. The van der Waals surface area contributed by atoms with Gasteiger partial charge in [0.2, 0.25) is 5.91 Å². The van der Waals surface area contributed by atoms with E-state index in [1.807, 2.05) is 22.7 Å². The molecule has 1 aromatic rings. The summed E-state index contributed by atoms with van der Waals surface area (Å²) in [5.41, 5.74) is 0.921. The van der Waals surface area contributed by atoms with Gasteiger partial charge in [-0.1, -0.05) is 13.8 Å². The molecule has 1 aliphatic heterocycles. The number of likely N-dealkylation sites (tertiary alicyclic amines) is 1. The number of carbonyl (C=O) groups is 1. The average Bonchev–Trinajstić information content (AvgIpc) is 2.86. The molecule has 1 fully saturated rings. The molecule has 0 saturated carbocycles. The topological polar surface area (TPSA) is 50.2 Å². The van der Waals surface area contributed by atoms with Gasteiger partial charge >= 0.3 is 0 Å². The molecule has 0 aliphatic carbocycles. The Hall–Kier alpha value is -1.52. The van der Waals surface area contributed by atoms with E-state index >= 15 is 0 Å². The van der Waals surface area contributed by atoms with E-state index < -0.39 is 0 Å². The molecule has 5 heteroatoms. The fourth-order valence-electron chi connectivity index (χ4n) is 2.60. The number of amides is 1. The molecule has 1 aliphatic rings. The molecular formula is C15H26N4O. The first kappa shape index (κ1) is 14.9. The Bertz CT molecular complexity index is 435. The summed E-state index contributed by atoms with van der Waals surface area (Å²) < 4.78 is 1.90. The molecule has 0 bridgehead atoms. The number of hydrogen-bond donors (Lipinski definition) is 1. The monoisotopic (exact) mass is 278 g/mol. The minimum Gasteiger partial charge on any atom is -0.371 e. The molecule has 1 unspecified atom stereocenters. The van der Waals surface area contributed by atoms with Crippen molar-refractivity contribution in [2.45, 2.75) is 52.6 Å². The second-order valence-corrected chi connectivity index (χ2v) is 5.87. The van der Waals surface area contributed by atoms with Crippen molar-refractivity contribution in [3.8, 4) is 0 Å². The fourth-order valence-corrected chi connectivity index (χ4v) is 2.60. The third kappa shape index (κ3) is 3.74. The number of aromatic nitrogens is 2. The van der Waals surface area contributed by atoms with E-state index in [1.165, 1.54) is 0 Å². The number of aryl methyl sites for hydroxylation is 1.